The zero-order chi connectivity index (χ0) is 22.7. The molecule has 32 heavy (non-hydrogen) atoms. The number of nitrogens with zero attached hydrogens (tertiary/aromatic N) is 3. The van der Waals surface area contributed by atoms with Crippen LogP contribution in [-0.4, -0.2) is 20.8 Å². The zero-order valence-electron chi connectivity index (χ0n) is 16.8. The molecule has 0 atom stereocenters. The van der Waals surface area contributed by atoms with E-state index in [4.69, 9.17) is 32.5 Å². The largest absolute Gasteiger partial charge is 0.489 e. The summed E-state index contributed by atoms with van der Waals surface area (Å²) >= 11 is 11.9. The van der Waals surface area contributed by atoms with Crippen molar-refractivity contribution in [1.29, 1.82) is 0 Å². The predicted molar refractivity (Wildman–Crippen MR) is 118 cm³/mol. The van der Waals surface area contributed by atoms with Gasteiger partial charge in [0.25, 0.3) is 5.91 Å². The van der Waals surface area contributed by atoms with Gasteiger partial charge in [-0.3, -0.25) is 9.48 Å². The molecule has 0 bridgehead atoms. The first kappa shape index (κ1) is 21.9. The van der Waals surface area contributed by atoms with Gasteiger partial charge in [0.05, 0.1) is 24.0 Å². The van der Waals surface area contributed by atoms with Crippen LogP contribution in [0.2, 0.25) is 10.0 Å². The predicted octanol–water partition coefficient (Wildman–Crippen LogP) is 5.51. The Morgan fingerprint density at radius 3 is 2.72 bits per heavy atom. The number of hydrogen-bond acceptors (Lipinski definition) is 5. The van der Waals surface area contributed by atoms with E-state index >= 15 is 0 Å². The molecule has 0 aliphatic heterocycles. The summed E-state index contributed by atoms with van der Waals surface area (Å²) in [5.41, 5.74) is 1.33. The Hall–Kier alpha value is -3.36. The van der Waals surface area contributed by atoms with Gasteiger partial charge >= 0.3 is 0 Å². The van der Waals surface area contributed by atoms with Crippen LogP contribution in [0.5, 0.6) is 5.75 Å². The lowest BCUT2D eigenvalue weighted by Crippen LogP contribution is -2.15. The van der Waals surface area contributed by atoms with Crippen molar-refractivity contribution in [2.45, 2.75) is 20.1 Å². The summed E-state index contributed by atoms with van der Waals surface area (Å²) in [6.45, 7) is 1.90. The zero-order valence-corrected chi connectivity index (χ0v) is 18.3. The first-order chi connectivity index (χ1) is 15.4. The first-order valence-electron chi connectivity index (χ1n) is 9.51. The first-order valence-corrected chi connectivity index (χ1v) is 10.3. The molecule has 2 heterocycles. The number of nitrogens with one attached hydrogen (secondary N) is 1. The normalized spacial score (nSPS) is 10.9. The Morgan fingerprint density at radius 2 is 1.97 bits per heavy atom. The van der Waals surface area contributed by atoms with Crippen molar-refractivity contribution < 1.29 is 18.4 Å². The highest BCUT2D eigenvalue weighted by atomic mass is 35.5. The van der Waals surface area contributed by atoms with Gasteiger partial charge in [0.1, 0.15) is 23.9 Å². The summed E-state index contributed by atoms with van der Waals surface area (Å²) in [7, 11) is 0. The van der Waals surface area contributed by atoms with Crippen molar-refractivity contribution in [3.63, 3.8) is 0 Å². The number of anilines is 1. The van der Waals surface area contributed by atoms with Gasteiger partial charge in [-0.05, 0) is 43.3 Å². The maximum atomic E-state index is 14.0. The van der Waals surface area contributed by atoms with Gasteiger partial charge in [-0.1, -0.05) is 34.4 Å². The Bertz CT molecular complexity index is 1230. The second-order valence-electron chi connectivity index (χ2n) is 6.89. The van der Waals surface area contributed by atoms with Crippen LogP contribution in [0.3, 0.4) is 0 Å². The molecule has 0 saturated carbocycles. The third-order valence-electron chi connectivity index (χ3n) is 4.67. The number of ether oxygens (including phenoxy) is 1. The van der Waals surface area contributed by atoms with Crippen LogP contribution in [0.15, 0.2) is 59.4 Å². The maximum absolute atomic E-state index is 14.0. The number of aryl methyl sites for hydroxylation is 1. The highest BCUT2D eigenvalue weighted by Gasteiger charge is 2.21. The quantitative estimate of drug-likeness (QED) is 0.382. The highest BCUT2D eigenvalue weighted by molar-refractivity contribution is 6.31. The van der Waals surface area contributed by atoms with Crippen LogP contribution >= 0.6 is 23.2 Å². The summed E-state index contributed by atoms with van der Waals surface area (Å²) in [5.74, 6) is 0.144. The van der Waals surface area contributed by atoms with Crippen LogP contribution in [0.1, 0.15) is 27.4 Å². The molecule has 0 unspecified atom stereocenters. The number of rotatable bonds is 7. The Kier molecular flexibility index (Phi) is 6.43. The van der Waals surface area contributed by atoms with E-state index in [9.17, 15) is 9.18 Å². The van der Waals surface area contributed by atoms with Gasteiger partial charge in [0.15, 0.2) is 5.69 Å². The number of carbonyl (C=O) groups is 1. The fraction of sp³-hybridized carbons (Fsp3) is 0.136. The second kappa shape index (κ2) is 9.42. The fourth-order valence-corrected chi connectivity index (χ4v) is 3.32. The molecule has 2 aromatic carbocycles. The van der Waals surface area contributed by atoms with E-state index in [-0.39, 0.29) is 18.8 Å². The monoisotopic (exact) mass is 474 g/mol. The standard InChI is InChI=1S/C22H17Cl2FN4O3/c1-13-18(12-31-16-7-5-14(23)6-8-16)21(28-32-13)22(30)27-15-9-26-29(10-15)11-17-19(24)3-2-4-20(17)25/h2-10H,11-12H2,1H3,(H,27,30). The molecular weight excluding hydrogens is 458 g/mol. The van der Waals surface area contributed by atoms with E-state index in [1.54, 1.807) is 43.5 Å². The van der Waals surface area contributed by atoms with E-state index in [0.717, 1.165) is 0 Å². The van der Waals surface area contributed by atoms with E-state index in [0.29, 0.717) is 38.4 Å². The average molecular weight is 475 g/mol. The minimum atomic E-state index is -0.486. The third-order valence-corrected chi connectivity index (χ3v) is 5.28. The summed E-state index contributed by atoms with van der Waals surface area (Å²) in [4.78, 5) is 12.8. The number of aromatic nitrogens is 3. The number of benzene rings is 2. The molecule has 0 aliphatic carbocycles. The summed E-state index contributed by atoms with van der Waals surface area (Å²) in [6.07, 6.45) is 3.01. The lowest BCUT2D eigenvalue weighted by molar-refractivity contribution is 0.101. The highest BCUT2D eigenvalue weighted by Crippen LogP contribution is 2.22. The van der Waals surface area contributed by atoms with Crippen molar-refractivity contribution >= 4 is 34.8 Å². The molecule has 0 saturated heterocycles. The molecule has 0 fully saturated rings. The molecular formula is C22H17Cl2FN4O3. The molecule has 1 amide bonds. The van der Waals surface area contributed by atoms with Crippen LogP contribution in [0, 0.1) is 12.7 Å². The van der Waals surface area contributed by atoms with Crippen molar-refractivity contribution in [1.82, 2.24) is 14.9 Å². The van der Waals surface area contributed by atoms with Crippen molar-refractivity contribution in [3.05, 3.63) is 93.3 Å². The molecule has 164 valence electrons. The minimum absolute atomic E-state index is 0.0881. The van der Waals surface area contributed by atoms with E-state index in [1.807, 2.05) is 0 Å². The van der Waals surface area contributed by atoms with E-state index in [1.165, 1.54) is 23.0 Å². The maximum Gasteiger partial charge on any atom is 0.278 e. The smallest absolute Gasteiger partial charge is 0.278 e. The van der Waals surface area contributed by atoms with Gasteiger partial charge in [-0.25, -0.2) is 4.39 Å². The van der Waals surface area contributed by atoms with Crippen molar-refractivity contribution in [2.24, 2.45) is 0 Å². The Morgan fingerprint density at radius 1 is 1.19 bits per heavy atom. The van der Waals surface area contributed by atoms with Gasteiger partial charge in [0.2, 0.25) is 0 Å². The number of carbonyl (C=O) groups excluding carboxylic acids is 1. The Labute approximate surface area is 192 Å². The van der Waals surface area contributed by atoms with Gasteiger partial charge in [-0.2, -0.15) is 5.10 Å². The molecule has 1 N–H and O–H groups in total. The molecule has 7 nitrogen and oxygen atoms in total. The second-order valence-corrected chi connectivity index (χ2v) is 7.73. The summed E-state index contributed by atoms with van der Waals surface area (Å²) < 4.78 is 26.4. The molecule has 0 radical (unpaired) electrons. The number of halogens is 3. The van der Waals surface area contributed by atoms with E-state index in [2.05, 4.69) is 15.6 Å². The topological polar surface area (TPSA) is 82.2 Å². The van der Waals surface area contributed by atoms with Gasteiger partial charge in [0, 0.05) is 21.8 Å². The lowest BCUT2D eigenvalue weighted by atomic mass is 10.2. The van der Waals surface area contributed by atoms with E-state index < -0.39 is 11.7 Å². The minimum Gasteiger partial charge on any atom is -0.489 e. The molecule has 4 aromatic rings. The van der Waals surface area contributed by atoms with Gasteiger partial charge < -0.3 is 14.6 Å². The van der Waals surface area contributed by atoms with Crippen molar-refractivity contribution in [3.8, 4) is 5.75 Å². The fourth-order valence-electron chi connectivity index (χ4n) is 2.98. The van der Waals surface area contributed by atoms with Crippen molar-refractivity contribution in [2.75, 3.05) is 5.32 Å². The number of amides is 1. The van der Waals surface area contributed by atoms with Crippen LogP contribution in [0.4, 0.5) is 10.1 Å². The summed E-state index contributed by atoms with van der Waals surface area (Å²) in [6, 6.07) is 11.3. The van der Waals surface area contributed by atoms with Crippen LogP contribution < -0.4 is 10.1 Å². The molecule has 10 heteroatoms. The lowest BCUT2D eigenvalue weighted by Gasteiger charge is -2.07. The number of hydrogen-bond donors (Lipinski definition) is 1. The van der Waals surface area contributed by atoms with Gasteiger partial charge in [-0.15, -0.1) is 0 Å². The average Bonchev–Trinajstić information content (AvgIpc) is 3.36. The molecule has 4 rings (SSSR count). The third kappa shape index (κ3) is 4.92. The van der Waals surface area contributed by atoms with Crippen LogP contribution in [-0.2, 0) is 13.2 Å². The molecule has 0 spiro atoms. The summed E-state index contributed by atoms with van der Waals surface area (Å²) in [5, 5.41) is 11.6. The SMILES string of the molecule is Cc1onc(C(=O)Nc2cnn(Cc3c(F)cccc3Cl)c2)c1COc1ccc(Cl)cc1. The Balaban J connectivity index is 1.44. The van der Waals surface area contributed by atoms with Crippen LogP contribution in [0.25, 0.3) is 0 Å². The molecule has 2 aromatic heterocycles. The molecule has 0 aliphatic rings.